The molecule has 0 saturated carbocycles. The first-order chi connectivity index (χ1) is 9.29. The Hall–Kier alpha value is -1.87. The van der Waals surface area contributed by atoms with Gasteiger partial charge in [-0.1, -0.05) is 24.3 Å². The molecular weight excluding hydrogens is 236 g/mol. The lowest BCUT2D eigenvalue weighted by atomic mass is 10.1. The van der Waals surface area contributed by atoms with Gasteiger partial charge in [0.15, 0.2) is 0 Å². The molecule has 0 atom stereocenters. The summed E-state index contributed by atoms with van der Waals surface area (Å²) >= 11 is 0. The Morgan fingerprint density at radius 1 is 1.16 bits per heavy atom. The first-order valence-corrected chi connectivity index (χ1v) is 6.52. The fraction of sp³-hybridized carbons (Fsp3) is 0.312. The Kier molecular flexibility index (Phi) is 4.93. The molecule has 19 heavy (non-hydrogen) atoms. The smallest absolute Gasteiger partial charge is 0.0503 e. The number of ether oxygens (including phenoxy) is 1. The number of methoxy groups -OCH3 is 1. The largest absolute Gasteiger partial charge is 0.384 e. The second kappa shape index (κ2) is 6.90. The predicted octanol–water partition coefficient (Wildman–Crippen LogP) is 3.19. The zero-order chi connectivity index (χ0) is 13.5. The van der Waals surface area contributed by atoms with Crippen molar-refractivity contribution in [3.63, 3.8) is 0 Å². The number of anilines is 1. The summed E-state index contributed by atoms with van der Waals surface area (Å²) in [6.07, 6.45) is 2.84. The van der Waals surface area contributed by atoms with Crippen molar-refractivity contribution in [1.82, 2.24) is 4.98 Å². The molecule has 100 valence electrons. The van der Waals surface area contributed by atoms with Crippen molar-refractivity contribution in [2.45, 2.75) is 19.9 Å². The van der Waals surface area contributed by atoms with E-state index in [-0.39, 0.29) is 0 Å². The third-order valence-electron chi connectivity index (χ3n) is 3.05. The van der Waals surface area contributed by atoms with Crippen LogP contribution in [-0.4, -0.2) is 18.7 Å². The second-order valence-electron chi connectivity index (χ2n) is 4.56. The van der Waals surface area contributed by atoms with Gasteiger partial charge < -0.3 is 10.1 Å². The average Bonchev–Trinajstić information content (AvgIpc) is 2.45. The highest BCUT2D eigenvalue weighted by atomic mass is 16.5. The minimum absolute atomic E-state index is 0.741. The van der Waals surface area contributed by atoms with Crippen molar-refractivity contribution in [1.29, 1.82) is 0 Å². The summed E-state index contributed by atoms with van der Waals surface area (Å²) < 4.78 is 5.14. The highest BCUT2D eigenvalue weighted by Crippen LogP contribution is 2.16. The topological polar surface area (TPSA) is 34.1 Å². The summed E-state index contributed by atoms with van der Waals surface area (Å²) in [6.45, 7) is 3.53. The van der Waals surface area contributed by atoms with E-state index in [9.17, 15) is 0 Å². The number of rotatable bonds is 6. The average molecular weight is 256 g/mol. The van der Waals surface area contributed by atoms with Crippen LogP contribution in [0.15, 0.2) is 42.6 Å². The molecule has 3 heteroatoms. The standard InChI is InChI=1S/C16H20N2O/c1-13-7-8-14(11-17-13)12-18-16-6-4-3-5-15(16)9-10-19-2/h3-8,11,18H,9-10,12H2,1-2H3. The van der Waals surface area contributed by atoms with Gasteiger partial charge in [-0.2, -0.15) is 0 Å². The van der Waals surface area contributed by atoms with E-state index in [0.29, 0.717) is 0 Å². The van der Waals surface area contributed by atoms with Gasteiger partial charge >= 0.3 is 0 Å². The number of aryl methyl sites for hydroxylation is 1. The summed E-state index contributed by atoms with van der Waals surface area (Å²) in [5.74, 6) is 0. The van der Waals surface area contributed by atoms with Gasteiger partial charge in [0.1, 0.15) is 0 Å². The zero-order valence-corrected chi connectivity index (χ0v) is 11.5. The molecule has 1 N–H and O–H groups in total. The quantitative estimate of drug-likeness (QED) is 0.862. The lowest BCUT2D eigenvalue weighted by Gasteiger charge is -2.11. The van der Waals surface area contributed by atoms with Crippen LogP contribution in [-0.2, 0) is 17.7 Å². The Balaban J connectivity index is 2.00. The molecule has 0 radical (unpaired) electrons. The molecule has 0 bridgehead atoms. The molecule has 1 aromatic heterocycles. The highest BCUT2D eigenvalue weighted by molar-refractivity contribution is 5.51. The van der Waals surface area contributed by atoms with E-state index in [1.165, 1.54) is 16.8 Å². The molecule has 1 aromatic carbocycles. The van der Waals surface area contributed by atoms with Gasteiger partial charge in [-0.3, -0.25) is 4.98 Å². The Morgan fingerprint density at radius 2 is 2.00 bits per heavy atom. The van der Waals surface area contributed by atoms with Gasteiger partial charge in [0.05, 0.1) is 6.61 Å². The Morgan fingerprint density at radius 3 is 2.74 bits per heavy atom. The minimum Gasteiger partial charge on any atom is -0.384 e. The lowest BCUT2D eigenvalue weighted by Crippen LogP contribution is -2.04. The molecule has 0 aliphatic heterocycles. The number of nitrogens with one attached hydrogen (secondary N) is 1. The third kappa shape index (κ3) is 4.07. The Labute approximate surface area is 114 Å². The molecule has 2 rings (SSSR count). The molecule has 0 aliphatic carbocycles. The summed E-state index contributed by atoms with van der Waals surface area (Å²) in [4.78, 5) is 4.30. The van der Waals surface area contributed by atoms with Gasteiger partial charge in [-0.25, -0.2) is 0 Å². The monoisotopic (exact) mass is 256 g/mol. The highest BCUT2D eigenvalue weighted by Gasteiger charge is 2.01. The number of pyridine rings is 1. The number of para-hydroxylation sites is 1. The first kappa shape index (κ1) is 13.6. The van der Waals surface area contributed by atoms with Gasteiger partial charge in [-0.05, 0) is 36.6 Å². The van der Waals surface area contributed by atoms with Crippen LogP contribution in [0.3, 0.4) is 0 Å². The fourth-order valence-corrected chi connectivity index (χ4v) is 1.92. The van der Waals surface area contributed by atoms with Gasteiger partial charge in [0.25, 0.3) is 0 Å². The lowest BCUT2D eigenvalue weighted by molar-refractivity contribution is 0.202. The molecule has 2 aromatic rings. The van der Waals surface area contributed by atoms with E-state index >= 15 is 0 Å². The van der Waals surface area contributed by atoms with Crippen LogP contribution in [0.2, 0.25) is 0 Å². The van der Waals surface area contributed by atoms with Gasteiger partial charge in [0, 0.05) is 31.2 Å². The first-order valence-electron chi connectivity index (χ1n) is 6.52. The molecule has 1 heterocycles. The van der Waals surface area contributed by atoms with Crippen LogP contribution < -0.4 is 5.32 Å². The van der Waals surface area contributed by atoms with E-state index in [1.54, 1.807) is 7.11 Å². The number of aromatic nitrogens is 1. The third-order valence-corrected chi connectivity index (χ3v) is 3.05. The fourth-order valence-electron chi connectivity index (χ4n) is 1.92. The van der Waals surface area contributed by atoms with Crippen molar-refractivity contribution in [2.24, 2.45) is 0 Å². The second-order valence-corrected chi connectivity index (χ2v) is 4.56. The maximum Gasteiger partial charge on any atom is 0.0503 e. The molecular formula is C16H20N2O. The summed E-state index contributed by atoms with van der Waals surface area (Å²) in [6, 6.07) is 12.5. The van der Waals surface area contributed by atoms with Crippen molar-refractivity contribution >= 4 is 5.69 Å². The van der Waals surface area contributed by atoms with E-state index in [4.69, 9.17) is 4.74 Å². The van der Waals surface area contributed by atoms with E-state index in [1.807, 2.05) is 25.3 Å². The van der Waals surface area contributed by atoms with Crippen molar-refractivity contribution in [2.75, 3.05) is 19.0 Å². The zero-order valence-electron chi connectivity index (χ0n) is 11.5. The summed E-state index contributed by atoms with van der Waals surface area (Å²) in [5, 5.41) is 3.46. The van der Waals surface area contributed by atoms with Crippen LogP contribution in [0.4, 0.5) is 5.69 Å². The molecule has 3 nitrogen and oxygen atoms in total. The van der Waals surface area contributed by atoms with Crippen molar-refractivity contribution in [3.05, 3.63) is 59.4 Å². The predicted molar refractivity (Wildman–Crippen MR) is 78.3 cm³/mol. The minimum atomic E-state index is 0.741. The molecule has 0 aliphatic rings. The number of nitrogens with zero attached hydrogens (tertiary/aromatic N) is 1. The Bertz CT molecular complexity index is 508. The normalized spacial score (nSPS) is 10.4. The van der Waals surface area contributed by atoms with Crippen LogP contribution in [0.5, 0.6) is 0 Å². The van der Waals surface area contributed by atoms with E-state index in [0.717, 1.165) is 25.3 Å². The van der Waals surface area contributed by atoms with E-state index < -0.39 is 0 Å². The maximum atomic E-state index is 5.14. The van der Waals surface area contributed by atoms with E-state index in [2.05, 4.69) is 34.6 Å². The van der Waals surface area contributed by atoms with Gasteiger partial charge in [0.2, 0.25) is 0 Å². The SMILES string of the molecule is COCCc1ccccc1NCc1ccc(C)nc1. The van der Waals surface area contributed by atoms with Crippen LogP contribution >= 0.6 is 0 Å². The van der Waals surface area contributed by atoms with Gasteiger partial charge in [-0.15, -0.1) is 0 Å². The van der Waals surface area contributed by atoms with Crippen LogP contribution in [0, 0.1) is 6.92 Å². The maximum absolute atomic E-state index is 5.14. The summed E-state index contributed by atoms with van der Waals surface area (Å²) in [5.41, 5.74) is 4.68. The van der Waals surface area contributed by atoms with Crippen molar-refractivity contribution in [3.8, 4) is 0 Å². The molecule has 0 unspecified atom stereocenters. The molecule has 0 saturated heterocycles. The van der Waals surface area contributed by atoms with Crippen LogP contribution in [0.25, 0.3) is 0 Å². The molecule has 0 spiro atoms. The summed E-state index contributed by atoms with van der Waals surface area (Å²) in [7, 11) is 1.73. The molecule has 0 amide bonds. The number of hydrogen-bond acceptors (Lipinski definition) is 3. The van der Waals surface area contributed by atoms with Crippen LogP contribution in [0.1, 0.15) is 16.8 Å². The van der Waals surface area contributed by atoms with Crippen molar-refractivity contribution < 1.29 is 4.74 Å². The molecule has 0 fully saturated rings. The number of hydrogen-bond donors (Lipinski definition) is 1. The number of benzene rings is 1.